The van der Waals surface area contributed by atoms with Crippen LogP contribution in [-0.4, -0.2) is 11.7 Å². The van der Waals surface area contributed by atoms with Crippen LogP contribution >= 0.6 is 0 Å². The van der Waals surface area contributed by atoms with Crippen LogP contribution in [0.3, 0.4) is 0 Å². The monoisotopic (exact) mass is 270 g/mol. The minimum atomic E-state index is -1.20. The summed E-state index contributed by atoms with van der Waals surface area (Å²) in [5.74, 6) is -2.86. The van der Waals surface area contributed by atoms with Crippen molar-refractivity contribution in [3.8, 4) is 0 Å². The summed E-state index contributed by atoms with van der Waals surface area (Å²) in [6, 6.07) is 1.38. The van der Waals surface area contributed by atoms with Crippen LogP contribution in [0.4, 0.5) is 13.2 Å². The molecule has 19 heavy (non-hydrogen) atoms. The molecule has 2 rings (SSSR count). The van der Waals surface area contributed by atoms with Crippen molar-refractivity contribution in [3.05, 3.63) is 40.7 Å². The van der Waals surface area contributed by atoms with E-state index in [9.17, 15) is 18.3 Å². The Kier molecular flexibility index (Phi) is 4.64. The molecule has 1 fully saturated rings. The molecule has 1 aliphatic carbocycles. The van der Waals surface area contributed by atoms with E-state index in [1.165, 1.54) is 12.5 Å². The molecule has 1 saturated carbocycles. The zero-order valence-electron chi connectivity index (χ0n) is 10.6. The Morgan fingerprint density at radius 1 is 1.05 bits per heavy atom. The molecule has 1 nitrogen and oxygen atoms in total. The molecule has 1 aromatic rings. The second kappa shape index (κ2) is 6.24. The Morgan fingerprint density at radius 2 is 1.68 bits per heavy atom. The highest BCUT2D eigenvalue weighted by Gasteiger charge is 2.18. The Morgan fingerprint density at radius 3 is 2.32 bits per heavy atom. The SMILES string of the molecule is OC/C(=C/c1cc(F)c(F)cc1F)C1CCCCC1. The summed E-state index contributed by atoms with van der Waals surface area (Å²) < 4.78 is 39.5. The zero-order chi connectivity index (χ0) is 13.8. The van der Waals surface area contributed by atoms with E-state index < -0.39 is 17.5 Å². The van der Waals surface area contributed by atoms with Crippen LogP contribution in [0.1, 0.15) is 37.7 Å². The van der Waals surface area contributed by atoms with Crippen molar-refractivity contribution in [1.82, 2.24) is 0 Å². The van der Waals surface area contributed by atoms with Gasteiger partial charge in [0.05, 0.1) is 6.61 Å². The summed E-state index contributed by atoms with van der Waals surface area (Å²) >= 11 is 0. The molecular formula is C15H17F3O. The van der Waals surface area contributed by atoms with Gasteiger partial charge in [-0.05, 0) is 30.4 Å². The Balaban J connectivity index is 2.28. The van der Waals surface area contributed by atoms with E-state index in [0.29, 0.717) is 11.6 Å². The second-order valence-electron chi connectivity index (χ2n) is 5.00. The summed E-state index contributed by atoms with van der Waals surface area (Å²) in [7, 11) is 0. The zero-order valence-corrected chi connectivity index (χ0v) is 10.6. The van der Waals surface area contributed by atoms with Crippen molar-refractivity contribution >= 4 is 6.08 Å². The van der Waals surface area contributed by atoms with Crippen LogP contribution < -0.4 is 0 Å². The van der Waals surface area contributed by atoms with Gasteiger partial charge < -0.3 is 5.11 Å². The fourth-order valence-corrected chi connectivity index (χ4v) is 2.61. The van der Waals surface area contributed by atoms with E-state index in [-0.39, 0.29) is 18.1 Å². The third kappa shape index (κ3) is 3.38. The Labute approximate surface area is 110 Å². The maximum absolute atomic E-state index is 13.6. The smallest absolute Gasteiger partial charge is 0.161 e. The van der Waals surface area contributed by atoms with E-state index in [2.05, 4.69) is 0 Å². The van der Waals surface area contributed by atoms with Gasteiger partial charge in [-0.2, -0.15) is 0 Å². The molecule has 0 atom stereocenters. The number of rotatable bonds is 3. The summed E-state index contributed by atoms with van der Waals surface area (Å²) in [5.41, 5.74) is 0.693. The first-order valence-corrected chi connectivity index (χ1v) is 6.57. The van der Waals surface area contributed by atoms with Gasteiger partial charge in [0.1, 0.15) is 5.82 Å². The van der Waals surface area contributed by atoms with E-state index >= 15 is 0 Å². The summed E-state index contributed by atoms with van der Waals surface area (Å²) in [5, 5.41) is 9.40. The molecule has 0 amide bonds. The number of aliphatic hydroxyl groups is 1. The fourth-order valence-electron chi connectivity index (χ4n) is 2.61. The maximum Gasteiger partial charge on any atom is 0.161 e. The molecule has 0 bridgehead atoms. The summed E-state index contributed by atoms with van der Waals surface area (Å²) in [6.07, 6.45) is 6.71. The molecule has 0 spiro atoms. The van der Waals surface area contributed by atoms with Crippen LogP contribution in [0.5, 0.6) is 0 Å². The number of hydrogen-bond acceptors (Lipinski definition) is 1. The fraction of sp³-hybridized carbons (Fsp3) is 0.467. The van der Waals surface area contributed by atoms with Gasteiger partial charge in [0.25, 0.3) is 0 Å². The van der Waals surface area contributed by atoms with Crippen molar-refractivity contribution < 1.29 is 18.3 Å². The number of hydrogen-bond donors (Lipinski definition) is 1. The minimum absolute atomic E-state index is 0.00600. The van der Waals surface area contributed by atoms with Gasteiger partial charge in [-0.15, -0.1) is 0 Å². The topological polar surface area (TPSA) is 20.2 Å². The van der Waals surface area contributed by atoms with Gasteiger partial charge >= 0.3 is 0 Å². The third-order valence-electron chi connectivity index (χ3n) is 3.69. The highest BCUT2D eigenvalue weighted by molar-refractivity contribution is 5.54. The van der Waals surface area contributed by atoms with Crippen molar-refractivity contribution in [2.45, 2.75) is 32.1 Å². The molecule has 0 unspecified atom stereocenters. The van der Waals surface area contributed by atoms with E-state index in [4.69, 9.17) is 0 Å². The molecular weight excluding hydrogens is 253 g/mol. The van der Waals surface area contributed by atoms with Gasteiger partial charge in [-0.1, -0.05) is 25.3 Å². The number of aliphatic hydroxyl groups excluding tert-OH is 1. The van der Waals surface area contributed by atoms with Crippen LogP contribution in [-0.2, 0) is 0 Å². The second-order valence-corrected chi connectivity index (χ2v) is 5.00. The minimum Gasteiger partial charge on any atom is -0.392 e. The lowest BCUT2D eigenvalue weighted by molar-refractivity contribution is 0.295. The Hall–Kier alpha value is -1.29. The summed E-state index contributed by atoms with van der Waals surface area (Å²) in [4.78, 5) is 0. The normalized spacial score (nSPS) is 17.8. The van der Waals surface area contributed by atoms with E-state index in [1.54, 1.807) is 0 Å². The van der Waals surface area contributed by atoms with Crippen molar-refractivity contribution in [2.24, 2.45) is 5.92 Å². The quantitative estimate of drug-likeness (QED) is 0.821. The molecule has 0 heterocycles. The first-order valence-electron chi connectivity index (χ1n) is 6.57. The lowest BCUT2D eigenvalue weighted by Gasteiger charge is -2.23. The predicted molar refractivity (Wildman–Crippen MR) is 68.0 cm³/mol. The molecule has 0 radical (unpaired) electrons. The van der Waals surface area contributed by atoms with Gasteiger partial charge in [0, 0.05) is 11.6 Å². The highest BCUT2D eigenvalue weighted by atomic mass is 19.2. The van der Waals surface area contributed by atoms with Crippen LogP contribution in [0.25, 0.3) is 6.08 Å². The lowest BCUT2D eigenvalue weighted by Crippen LogP contribution is -2.12. The lowest BCUT2D eigenvalue weighted by atomic mass is 9.83. The molecule has 0 saturated heterocycles. The Bertz CT molecular complexity index is 477. The van der Waals surface area contributed by atoms with Gasteiger partial charge in [0.2, 0.25) is 0 Å². The van der Waals surface area contributed by atoms with Gasteiger partial charge in [-0.3, -0.25) is 0 Å². The van der Waals surface area contributed by atoms with Crippen LogP contribution in [0.15, 0.2) is 17.7 Å². The first-order chi connectivity index (χ1) is 9.11. The number of halogens is 3. The molecule has 0 aromatic heterocycles. The molecule has 104 valence electrons. The average molecular weight is 270 g/mol. The van der Waals surface area contributed by atoms with Crippen LogP contribution in [0.2, 0.25) is 0 Å². The van der Waals surface area contributed by atoms with E-state index in [0.717, 1.165) is 31.7 Å². The third-order valence-corrected chi connectivity index (χ3v) is 3.69. The molecule has 4 heteroatoms. The molecule has 1 aromatic carbocycles. The largest absolute Gasteiger partial charge is 0.392 e. The van der Waals surface area contributed by atoms with Crippen molar-refractivity contribution in [1.29, 1.82) is 0 Å². The molecule has 0 aliphatic heterocycles. The van der Waals surface area contributed by atoms with Crippen LogP contribution in [0, 0.1) is 23.4 Å². The number of benzene rings is 1. The summed E-state index contributed by atoms with van der Waals surface area (Å²) in [6.45, 7) is -0.177. The maximum atomic E-state index is 13.6. The average Bonchev–Trinajstić information content (AvgIpc) is 2.42. The molecule has 1 aliphatic rings. The predicted octanol–water partition coefficient (Wildman–Crippen LogP) is 4.06. The van der Waals surface area contributed by atoms with Crippen molar-refractivity contribution in [3.63, 3.8) is 0 Å². The van der Waals surface area contributed by atoms with E-state index in [1.807, 2.05) is 0 Å². The molecule has 1 N–H and O–H groups in total. The first kappa shape index (κ1) is 14.1. The standard InChI is InChI=1S/C15H17F3O/c16-13-8-15(18)14(17)7-11(13)6-12(9-19)10-4-2-1-3-5-10/h6-8,10,19H,1-5,9H2/b12-6-. The van der Waals surface area contributed by atoms with Gasteiger partial charge in [-0.25, -0.2) is 13.2 Å². The highest BCUT2D eigenvalue weighted by Crippen LogP contribution is 2.31. The van der Waals surface area contributed by atoms with Gasteiger partial charge in [0.15, 0.2) is 11.6 Å². The van der Waals surface area contributed by atoms with Crippen molar-refractivity contribution in [2.75, 3.05) is 6.61 Å².